The van der Waals surface area contributed by atoms with Gasteiger partial charge in [-0.15, -0.1) is 0 Å². The molecule has 2 aromatic carbocycles. The summed E-state index contributed by atoms with van der Waals surface area (Å²) >= 11 is 0. The Morgan fingerprint density at radius 1 is 1.05 bits per heavy atom. The van der Waals surface area contributed by atoms with Gasteiger partial charge in [0, 0.05) is 5.39 Å². The number of anilines is 1. The van der Waals surface area contributed by atoms with Crippen molar-refractivity contribution in [3.8, 4) is 11.1 Å². The molecule has 0 aliphatic heterocycles. The standard InChI is InChI=1S/C15H10NO4/c17-15-13(9-11-3-1-2-4-14(11)20-15)10-5-7-12(8-6-10)16(18)19/h1-9,18H/q-1. The molecule has 0 fully saturated rings. The predicted octanol–water partition coefficient (Wildman–Crippen LogP) is 3.15. The molecule has 0 aliphatic carbocycles. The second-order valence-electron chi connectivity index (χ2n) is 4.31. The van der Waals surface area contributed by atoms with Gasteiger partial charge in [-0.1, -0.05) is 30.3 Å². The van der Waals surface area contributed by atoms with E-state index >= 15 is 0 Å². The molecule has 0 bridgehead atoms. The highest BCUT2D eigenvalue weighted by atomic mass is 16.8. The van der Waals surface area contributed by atoms with Crippen LogP contribution in [0.2, 0.25) is 0 Å². The van der Waals surface area contributed by atoms with E-state index in [-0.39, 0.29) is 10.9 Å². The first-order chi connectivity index (χ1) is 9.65. The summed E-state index contributed by atoms with van der Waals surface area (Å²) in [7, 11) is 0. The van der Waals surface area contributed by atoms with Gasteiger partial charge in [0.15, 0.2) is 0 Å². The van der Waals surface area contributed by atoms with Crippen LogP contribution in [0.5, 0.6) is 0 Å². The Kier molecular flexibility index (Phi) is 2.98. The average molecular weight is 268 g/mol. The largest absolute Gasteiger partial charge is 0.733 e. The first kappa shape index (κ1) is 12.4. The highest BCUT2D eigenvalue weighted by molar-refractivity contribution is 5.81. The van der Waals surface area contributed by atoms with Gasteiger partial charge in [-0.2, -0.15) is 0 Å². The van der Waals surface area contributed by atoms with Crippen molar-refractivity contribution in [1.82, 2.24) is 0 Å². The zero-order valence-electron chi connectivity index (χ0n) is 10.3. The number of rotatable bonds is 2. The number of hydrogen-bond donors (Lipinski definition) is 1. The van der Waals surface area contributed by atoms with Crippen LogP contribution in [-0.4, -0.2) is 5.21 Å². The third kappa shape index (κ3) is 2.16. The topological polar surface area (TPSA) is 76.7 Å². The number of para-hydroxylation sites is 1. The van der Waals surface area contributed by atoms with E-state index < -0.39 is 5.63 Å². The second kappa shape index (κ2) is 4.80. The van der Waals surface area contributed by atoms with E-state index in [1.165, 1.54) is 12.1 Å². The molecule has 1 N–H and O–H groups in total. The summed E-state index contributed by atoms with van der Waals surface area (Å²) in [6.07, 6.45) is 0. The van der Waals surface area contributed by atoms with Crippen LogP contribution in [0.3, 0.4) is 0 Å². The normalized spacial score (nSPS) is 10.7. The van der Waals surface area contributed by atoms with E-state index in [0.29, 0.717) is 16.7 Å². The van der Waals surface area contributed by atoms with Crippen molar-refractivity contribution in [2.45, 2.75) is 0 Å². The number of fused-ring (bicyclic) bond motifs is 1. The quantitative estimate of drug-likeness (QED) is 0.570. The summed E-state index contributed by atoms with van der Waals surface area (Å²) in [6.45, 7) is 0. The van der Waals surface area contributed by atoms with Gasteiger partial charge < -0.3 is 14.9 Å². The SMILES string of the molecule is O=c1oc2ccccc2cc1-c1ccc(N([O-])O)cc1. The molecule has 0 radical (unpaired) electrons. The van der Waals surface area contributed by atoms with Crippen molar-refractivity contribution in [3.63, 3.8) is 0 Å². The van der Waals surface area contributed by atoms with Gasteiger partial charge >= 0.3 is 5.63 Å². The summed E-state index contributed by atoms with van der Waals surface area (Å²) in [6, 6.07) is 15.0. The molecule has 100 valence electrons. The van der Waals surface area contributed by atoms with Crippen LogP contribution in [0.15, 0.2) is 63.8 Å². The first-order valence-electron chi connectivity index (χ1n) is 5.94. The summed E-state index contributed by atoms with van der Waals surface area (Å²) in [5, 5.41) is 20.1. The Hall–Kier alpha value is -2.63. The highest BCUT2D eigenvalue weighted by Gasteiger charge is 2.07. The van der Waals surface area contributed by atoms with Crippen molar-refractivity contribution in [2.24, 2.45) is 0 Å². The molecule has 0 spiro atoms. The molecule has 3 rings (SSSR count). The van der Waals surface area contributed by atoms with Crippen LogP contribution in [0.1, 0.15) is 0 Å². The Morgan fingerprint density at radius 2 is 1.75 bits per heavy atom. The number of nitrogens with zero attached hydrogens (tertiary/aromatic N) is 1. The van der Waals surface area contributed by atoms with Crippen LogP contribution in [-0.2, 0) is 0 Å². The van der Waals surface area contributed by atoms with E-state index in [9.17, 15) is 10.0 Å². The van der Waals surface area contributed by atoms with Gasteiger partial charge in [0.05, 0.1) is 11.3 Å². The Balaban J connectivity index is 2.13. The smallest absolute Gasteiger partial charge is 0.344 e. The molecular weight excluding hydrogens is 258 g/mol. The van der Waals surface area contributed by atoms with Crippen molar-refractivity contribution >= 4 is 16.7 Å². The van der Waals surface area contributed by atoms with E-state index in [2.05, 4.69) is 0 Å². The zero-order chi connectivity index (χ0) is 14.1. The van der Waals surface area contributed by atoms with Gasteiger partial charge in [0.1, 0.15) is 5.58 Å². The Bertz CT molecular complexity index is 806. The highest BCUT2D eigenvalue weighted by Crippen LogP contribution is 2.23. The van der Waals surface area contributed by atoms with Crippen molar-refractivity contribution < 1.29 is 9.62 Å². The fourth-order valence-corrected chi connectivity index (χ4v) is 2.03. The second-order valence-corrected chi connectivity index (χ2v) is 4.31. The minimum absolute atomic E-state index is 0.0962. The maximum absolute atomic E-state index is 12.0. The van der Waals surface area contributed by atoms with Crippen LogP contribution in [0.25, 0.3) is 22.1 Å². The summed E-state index contributed by atoms with van der Waals surface area (Å²) in [5.41, 5.74) is 1.21. The molecule has 0 atom stereocenters. The van der Waals surface area contributed by atoms with E-state index in [1.54, 1.807) is 30.3 Å². The minimum atomic E-state index is -0.445. The Morgan fingerprint density at radius 3 is 2.45 bits per heavy atom. The maximum Gasteiger partial charge on any atom is 0.344 e. The first-order valence-corrected chi connectivity index (χ1v) is 5.94. The van der Waals surface area contributed by atoms with Gasteiger partial charge in [-0.3, -0.25) is 5.21 Å². The average Bonchev–Trinajstić information content (AvgIpc) is 2.46. The lowest BCUT2D eigenvalue weighted by Crippen LogP contribution is -2.07. The van der Waals surface area contributed by atoms with Crippen LogP contribution in [0.4, 0.5) is 5.69 Å². The molecule has 5 nitrogen and oxygen atoms in total. The lowest BCUT2D eigenvalue weighted by molar-refractivity contribution is 0.296. The molecule has 1 aromatic heterocycles. The molecule has 0 saturated heterocycles. The molecule has 0 aliphatic rings. The molecule has 1 heterocycles. The van der Waals surface area contributed by atoms with E-state index in [4.69, 9.17) is 9.62 Å². The number of hydrogen-bond acceptors (Lipinski definition) is 5. The monoisotopic (exact) mass is 268 g/mol. The van der Waals surface area contributed by atoms with Crippen LogP contribution >= 0.6 is 0 Å². The van der Waals surface area contributed by atoms with Gasteiger partial charge in [-0.05, 0) is 29.8 Å². The maximum atomic E-state index is 12.0. The Labute approximate surface area is 113 Å². The van der Waals surface area contributed by atoms with Crippen LogP contribution in [0, 0.1) is 5.21 Å². The molecule has 0 amide bonds. The lowest BCUT2D eigenvalue weighted by Gasteiger charge is -2.21. The van der Waals surface area contributed by atoms with Crippen molar-refractivity contribution in [3.05, 3.63) is 70.2 Å². The molecular formula is C15H10NO4-. The van der Waals surface area contributed by atoms with Crippen LogP contribution < -0.4 is 10.9 Å². The molecule has 0 saturated carbocycles. The van der Waals surface area contributed by atoms with Crippen molar-refractivity contribution in [2.75, 3.05) is 5.23 Å². The predicted molar refractivity (Wildman–Crippen MR) is 75.6 cm³/mol. The molecule has 20 heavy (non-hydrogen) atoms. The number of benzene rings is 2. The molecule has 0 unspecified atom stereocenters. The van der Waals surface area contributed by atoms with Gasteiger partial charge in [0.25, 0.3) is 0 Å². The van der Waals surface area contributed by atoms with E-state index in [1.807, 2.05) is 12.1 Å². The summed E-state index contributed by atoms with van der Waals surface area (Å²) in [5.74, 6) is 0. The summed E-state index contributed by atoms with van der Waals surface area (Å²) < 4.78 is 5.25. The fourth-order valence-electron chi connectivity index (χ4n) is 2.03. The molecule has 5 heteroatoms. The van der Waals surface area contributed by atoms with Gasteiger partial charge in [-0.25, -0.2) is 4.79 Å². The summed E-state index contributed by atoms with van der Waals surface area (Å²) in [4.78, 5) is 12.0. The van der Waals surface area contributed by atoms with Crippen molar-refractivity contribution in [1.29, 1.82) is 0 Å². The van der Waals surface area contributed by atoms with Gasteiger partial charge in [0.2, 0.25) is 0 Å². The zero-order valence-corrected chi connectivity index (χ0v) is 10.3. The third-order valence-corrected chi connectivity index (χ3v) is 3.04. The molecule has 3 aromatic rings. The fraction of sp³-hybridized carbons (Fsp3) is 0. The minimum Gasteiger partial charge on any atom is -0.733 e. The lowest BCUT2D eigenvalue weighted by atomic mass is 10.1. The van der Waals surface area contributed by atoms with E-state index in [0.717, 1.165) is 5.39 Å². The third-order valence-electron chi connectivity index (χ3n) is 3.04.